The minimum atomic E-state index is 0.706. The smallest absolute Gasteiger partial charge is 0.0260 e. The number of nitrogens with zero attached hydrogens (tertiary/aromatic N) is 2. The molecule has 0 bridgehead atoms. The fraction of sp³-hybridized carbons (Fsp3) is 1.00. The Bertz CT molecular complexity index is 164. The van der Waals surface area contributed by atoms with E-state index in [0.717, 1.165) is 12.0 Å². The molecule has 1 aliphatic heterocycles. The van der Waals surface area contributed by atoms with Crippen molar-refractivity contribution < 1.29 is 0 Å². The second kappa shape index (κ2) is 5.13. The van der Waals surface area contributed by atoms with Crippen molar-refractivity contribution in [3.63, 3.8) is 0 Å². The molecule has 0 aliphatic carbocycles. The lowest BCUT2D eigenvalue weighted by Crippen LogP contribution is -2.40. The van der Waals surface area contributed by atoms with Gasteiger partial charge in [-0.2, -0.15) is 0 Å². The Hall–Kier alpha value is -0.0800. The van der Waals surface area contributed by atoms with Crippen LogP contribution in [0.25, 0.3) is 0 Å². The predicted molar refractivity (Wildman–Crippen MR) is 62.6 cm³/mol. The molecule has 1 aliphatic rings. The molecule has 0 spiro atoms. The average molecular weight is 198 g/mol. The summed E-state index contributed by atoms with van der Waals surface area (Å²) in [6.07, 6.45) is 0. The van der Waals surface area contributed by atoms with Gasteiger partial charge < -0.3 is 0 Å². The number of likely N-dealkylation sites (tertiary alicyclic amines) is 1. The molecule has 0 amide bonds. The summed E-state index contributed by atoms with van der Waals surface area (Å²) in [5.74, 6) is 0.831. The zero-order valence-electron chi connectivity index (χ0n) is 10.5. The van der Waals surface area contributed by atoms with Gasteiger partial charge in [0.15, 0.2) is 0 Å². The molecule has 0 radical (unpaired) electrons. The van der Waals surface area contributed by atoms with E-state index in [2.05, 4.69) is 44.4 Å². The lowest BCUT2D eigenvalue weighted by atomic mass is 10.1. The largest absolute Gasteiger partial charge is 0.299 e. The highest BCUT2D eigenvalue weighted by Crippen LogP contribution is 2.23. The third-order valence-electron chi connectivity index (χ3n) is 3.61. The first-order chi connectivity index (χ1) is 6.60. The summed E-state index contributed by atoms with van der Waals surface area (Å²) in [6.45, 7) is 16.5. The van der Waals surface area contributed by atoms with Gasteiger partial charge >= 0.3 is 0 Å². The number of hydrogen-bond donors (Lipinski definition) is 0. The van der Waals surface area contributed by atoms with Gasteiger partial charge in [0.05, 0.1) is 0 Å². The molecule has 0 N–H and O–H groups in total. The maximum atomic E-state index is 2.60. The summed E-state index contributed by atoms with van der Waals surface area (Å²) in [5.41, 5.74) is 0. The van der Waals surface area contributed by atoms with Crippen LogP contribution in [0.5, 0.6) is 0 Å². The molecular formula is C12H26N2. The van der Waals surface area contributed by atoms with Crippen LogP contribution in [0.1, 0.15) is 34.6 Å². The van der Waals surface area contributed by atoms with Gasteiger partial charge in [0.1, 0.15) is 0 Å². The molecule has 1 rings (SSSR count). The molecule has 2 unspecified atom stereocenters. The fourth-order valence-corrected chi connectivity index (χ4v) is 2.58. The van der Waals surface area contributed by atoms with Gasteiger partial charge in [-0.15, -0.1) is 0 Å². The fourth-order valence-electron chi connectivity index (χ4n) is 2.58. The van der Waals surface area contributed by atoms with Crippen LogP contribution in [0.2, 0.25) is 0 Å². The Morgan fingerprint density at radius 2 is 1.79 bits per heavy atom. The van der Waals surface area contributed by atoms with E-state index in [1.165, 1.54) is 26.2 Å². The van der Waals surface area contributed by atoms with E-state index in [4.69, 9.17) is 0 Å². The van der Waals surface area contributed by atoms with E-state index in [-0.39, 0.29) is 0 Å². The third-order valence-corrected chi connectivity index (χ3v) is 3.61. The van der Waals surface area contributed by atoms with Crippen LogP contribution in [0.15, 0.2) is 0 Å². The van der Waals surface area contributed by atoms with Gasteiger partial charge in [-0.25, -0.2) is 0 Å². The second-order valence-corrected chi connectivity index (χ2v) is 4.81. The summed E-state index contributed by atoms with van der Waals surface area (Å²) < 4.78 is 0. The molecule has 1 heterocycles. The van der Waals surface area contributed by atoms with Gasteiger partial charge in [-0.05, 0) is 32.9 Å². The van der Waals surface area contributed by atoms with E-state index >= 15 is 0 Å². The first kappa shape index (κ1) is 12.0. The van der Waals surface area contributed by atoms with Gasteiger partial charge in [0, 0.05) is 25.2 Å². The molecule has 0 aromatic rings. The van der Waals surface area contributed by atoms with Crippen molar-refractivity contribution in [1.29, 1.82) is 0 Å². The van der Waals surface area contributed by atoms with E-state index < -0.39 is 0 Å². The summed E-state index contributed by atoms with van der Waals surface area (Å²) in [6, 6.07) is 1.49. The topological polar surface area (TPSA) is 6.48 Å². The molecule has 84 valence electrons. The predicted octanol–water partition coefficient (Wildman–Crippen LogP) is 2.06. The van der Waals surface area contributed by atoms with E-state index in [1.54, 1.807) is 0 Å². The number of rotatable bonds is 4. The van der Waals surface area contributed by atoms with Crippen molar-refractivity contribution >= 4 is 0 Å². The van der Waals surface area contributed by atoms with Crippen LogP contribution in [0, 0.1) is 5.92 Å². The van der Waals surface area contributed by atoms with Gasteiger partial charge in [0.25, 0.3) is 0 Å². The molecular weight excluding hydrogens is 172 g/mol. The summed E-state index contributed by atoms with van der Waals surface area (Å²) in [7, 11) is 0. The Morgan fingerprint density at radius 1 is 1.21 bits per heavy atom. The second-order valence-electron chi connectivity index (χ2n) is 4.81. The maximum absolute atomic E-state index is 2.60. The number of hydrogen-bond acceptors (Lipinski definition) is 2. The van der Waals surface area contributed by atoms with Gasteiger partial charge in [0.2, 0.25) is 0 Å². The lowest BCUT2D eigenvalue weighted by molar-refractivity contribution is 0.183. The lowest BCUT2D eigenvalue weighted by Gasteiger charge is -2.29. The molecule has 14 heavy (non-hydrogen) atoms. The Morgan fingerprint density at radius 3 is 2.14 bits per heavy atom. The molecule has 0 aromatic heterocycles. The van der Waals surface area contributed by atoms with Crippen LogP contribution in [0.4, 0.5) is 0 Å². The van der Waals surface area contributed by atoms with Crippen molar-refractivity contribution in [2.45, 2.75) is 46.7 Å². The SMILES string of the molecule is CCN(CC)C1CN(C(C)C)CC1C. The molecule has 0 saturated carbocycles. The normalized spacial score (nSPS) is 29.4. The van der Waals surface area contributed by atoms with Crippen LogP contribution < -0.4 is 0 Å². The summed E-state index contributed by atoms with van der Waals surface area (Å²) in [4.78, 5) is 5.21. The summed E-state index contributed by atoms with van der Waals surface area (Å²) in [5, 5.41) is 0. The Kier molecular flexibility index (Phi) is 4.39. The molecule has 2 nitrogen and oxygen atoms in total. The molecule has 2 heteroatoms. The highest BCUT2D eigenvalue weighted by molar-refractivity contribution is 4.89. The minimum absolute atomic E-state index is 0.706. The molecule has 1 fully saturated rings. The monoisotopic (exact) mass is 198 g/mol. The quantitative estimate of drug-likeness (QED) is 0.682. The third kappa shape index (κ3) is 2.48. The first-order valence-electron chi connectivity index (χ1n) is 6.08. The van der Waals surface area contributed by atoms with Gasteiger partial charge in [-0.3, -0.25) is 9.80 Å². The highest BCUT2D eigenvalue weighted by atomic mass is 15.3. The summed E-state index contributed by atoms with van der Waals surface area (Å²) >= 11 is 0. The average Bonchev–Trinajstić information content (AvgIpc) is 2.51. The Balaban J connectivity index is 2.55. The van der Waals surface area contributed by atoms with Crippen LogP contribution in [-0.2, 0) is 0 Å². The van der Waals surface area contributed by atoms with Crippen LogP contribution >= 0.6 is 0 Å². The van der Waals surface area contributed by atoms with Crippen molar-refractivity contribution in [2.24, 2.45) is 5.92 Å². The van der Waals surface area contributed by atoms with Crippen molar-refractivity contribution in [3.05, 3.63) is 0 Å². The van der Waals surface area contributed by atoms with Crippen molar-refractivity contribution in [2.75, 3.05) is 26.2 Å². The van der Waals surface area contributed by atoms with Crippen LogP contribution in [-0.4, -0.2) is 48.1 Å². The van der Waals surface area contributed by atoms with E-state index in [1.807, 2.05) is 0 Å². The zero-order valence-corrected chi connectivity index (χ0v) is 10.5. The van der Waals surface area contributed by atoms with Crippen molar-refractivity contribution in [3.8, 4) is 0 Å². The zero-order chi connectivity index (χ0) is 10.7. The highest BCUT2D eigenvalue weighted by Gasteiger charge is 2.33. The maximum Gasteiger partial charge on any atom is 0.0260 e. The molecule has 2 atom stereocenters. The standard InChI is InChI=1S/C12H26N2/c1-6-13(7-2)12-9-14(10(3)4)8-11(12)5/h10-12H,6-9H2,1-5H3. The van der Waals surface area contributed by atoms with Crippen molar-refractivity contribution in [1.82, 2.24) is 9.80 Å². The van der Waals surface area contributed by atoms with E-state index in [0.29, 0.717) is 6.04 Å². The Labute approximate surface area is 89.3 Å². The minimum Gasteiger partial charge on any atom is -0.299 e. The first-order valence-corrected chi connectivity index (χ1v) is 6.08. The number of likely N-dealkylation sites (N-methyl/N-ethyl adjacent to an activating group) is 1. The van der Waals surface area contributed by atoms with Gasteiger partial charge in [-0.1, -0.05) is 20.8 Å². The molecule has 0 aromatic carbocycles. The van der Waals surface area contributed by atoms with Crippen LogP contribution in [0.3, 0.4) is 0 Å². The molecule has 1 saturated heterocycles. The van der Waals surface area contributed by atoms with E-state index in [9.17, 15) is 0 Å².